The first-order valence-corrected chi connectivity index (χ1v) is 10.4. The van der Waals surface area contributed by atoms with Gasteiger partial charge in [0.05, 0.1) is 38.4 Å². The summed E-state index contributed by atoms with van der Waals surface area (Å²) < 4.78 is 17.3. The monoisotopic (exact) mass is 400 g/mol. The highest BCUT2D eigenvalue weighted by Crippen LogP contribution is 2.55. The average molecular weight is 400 g/mol. The van der Waals surface area contributed by atoms with E-state index in [9.17, 15) is 9.90 Å². The zero-order valence-electron chi connectivity index (χ0n) is 16.8. The molecule has 5 rings (SSSR count). The van der Waals surface area contributed by atoms with E-state index in [0.717, 1.165) is 36.4 Å². The molecule has 3 heterocycles. The first kappa shape index (κ1) is 18.9. The minimum atomic E-state index is -0.503. The molecule has 0 bridgehead atoms. The maximum Gasteiger partial charge on any atom is 0.237 e. The Morgan fingerprint density at radius 1 is 1.31 bits per heavy atom. The van der Waals surface area contributed by atoms with Crippen LogP contribution in [-0.4, -0.2) is 79.5 Å². The molecular weight excluding hydrogens is 372 g/mol. The summed E-state index contributed by atoms with van der Waals surface area (Å²) in [6.45, 7) is 4.66. The third-order valence-electron chi connectivity index (χ3n) is 6.77. The van der Waals surface area contributed by atoms with Crippen LogP contribution in [0.25, 0.3) is 0 Å². The van der Waals surface area contributed by atoms with Gasteiger partial charge in [-0.1, -0.05) is 18.2 Å². The van der Waals surface area contributed by atoms with Crippen molar-refractivity contribution in [2.45, 2.75) is 37.0 Å². The molecule has 3 atom stereocenters. The number of methoxy groups -OCH3 is 1. The summed E-state index contributed by atoms with van der Waals surface area (Å²) >= 11 is 0. The number of hydrogen-bond acceptors (Lipinski definition) is 6. The molecule has 3 aliphatic heterocycles. The number of nitrogens with zero attached hydrogens (tertiary/aromatic N) is 2. The highest BCUT2D eigenvalue weighted by Gasteiger charge is 2.53. The second-order valence-corrected chi connectivity index (χ2v) is 8.39. The number of rotatable bonds is 3. The lowest BCUT2D eigenvalue weighted by molar-refractivity contribution is -0.134. The van der Waals surface area contributed by atoms with Crippen molar-refractivity contribution in [2.24, 2.45) is 0 Å². The van der Waals surface area contributed by atoms with Gasteiger partial charge in [-0.25, -0.2) is 0 Å². The zero-order chi connectivity index (χ0) is 20.0. The lowest BCUT2D eigenvalue weighted by atomic mass is 9.69. The average Bonchev–Trinajstić information content (AvgIpc) is 2.96. The molecule has 1 N–H and O–H groups in total. The molecule has 1 saturated heterocycles. The van der Waals surface area contributed by atoms with Crippen LogP contribution in [-0.2, 0) is 21.5 Å². The van der Waals surface area contributed by atoms with Crippen molar-refractivity contribution in [2.75, 3.05) is 46.5 Å². The summed E-state index contributed by atoms with van der Waals surface area (Å²) in [7, 11) is 1.65. The Balaban J connectivity index is 1.47. The third-order valence-corrected chi connectivity index (χ3v) is 6.77. The van der Waals surface area contributed by atoms with Gasteiger partial charge in [0, 0.05) is 38.2 Å². The number of aliphatic hydroxyl groups excluding tert-OH is 1. The molecule has 1 aromatic carbocycles. The summed E-state index contributed by atoms with van der Waals surface area (Å²) in [5.74, 6) is 1.65. The molecule has 0 radical (unpaired) electrons. The summed E-state index contributed by atoms with van der Waals surface area (Å²) in [5, 5.41) is 10.2. The van der Waals surface area contributed by atoms with E-state index in [0.29, 0.717) is 45.0 Å². The van der Waals surface area contributed by atoms with Gasteiger partial charge in [0.15, 0.2) is 11.5 Å². The fourth-order valence-electron chi connectivity index (χ4n) is 5.20. The van der Waals surface area contributed by atoms with Crippen molar-refractivity contribution < 1.29 is 24.1 Å². The SMILES string of the molecule is COc1ccc2c3c1O[C@H]1C[C@@H](O)C=C[C@@]31CCN(C(=O)CN1CCOCC1)C2. The number of hydrogen-bond donors (Lipinski definition) is 1. The fraction of sp³-hybridized carbons (Fsp3) is 0.591. The van der Waals surface area contributed by atoms with Crippen molar-refractivity contribution >= 4 is 5.91 Å². The first-order valence-electron chi connectivity index (χ1n) is 10.4. The molecule has 4 aliphatic rings. The van der Waals surface area contributed by atoms with Gasteiger partial charge in [-0.3, -0.25) is 9.69 Å². The second kappa shape index (κ2) is 7.31. The molecule has 7 nitrogen and oxygen atoms in total. The molecule has 1 aliphatic carbocycles. The Kier molecular flexibility index (Phi) is 4.76. The van der Waals surface area contributed by atoms with E-state index in [4.69, 9.17) is 14.2 Å². The maximum absolute atomic E-state index is 13.1. The Morgan fingerprint density at radius 3 is 2.93 bits per heavy atom. The lowest BCUT2D eigenvalue weighted by Crippen LogP contribution is -2.46. The highest BCUT2D eigenvalue weighted by molar-refractivity contribution is 5.79. The van der Waals surface area contributed by atoms with E-state index in [1.165, 1.54) is 0 Å². The molecular formula is C22H28N2O5. The molecule has 0 unspecified atom stereocenters. The molecule has 29 heavy (non-hydrogen) atoms. The maximum atomic E-state index is 13.1. The van der Waals surface area contributed by atoms with E-state index in [-0.39, 0.29) is 17.4 Å². The number of carbonyl (C=O) groups excluding carboxylic acids is 1. The van der Waals surface area contributed by atoms with Gasteiger partial charge in [0.25, 0.3) is 0 Å². The van der Waals surface area contributed by atoms with Crippen LogP contribution in [0, 0.1) is 0 Å². The van der Waals surface area contributed by atoms with Crippen LogP contribution < -0.4 is 9.47 Å². The summed E-state index contributed by atoms with van der Waals surface area (Å²) in [5.41, 5.74) is 1.93. The van der Waals surface area contributed by atoms with Gasteiger partial charge >= 0.3 is 0 Å². The van der Waals surface area contributed by atoms with Crippen LogP contribution >= 0.6 is 0 Å². The topological polar surface area (TPSA) is 71.5 Å². The van der Waals surface area contributed by atoms with Crippen molar-refractivity contribution in [1.29, 1.82) is 0 Å². The normalized spacial score (nSPS) is 30.9. The summed E-state index contributed by atoms with van der Waals surface area (Å²) in [4.78, 5) is 17.2. The quantitative estimate of drug-likeness (QED) is 0.766. The smallest absolute Gasteiger partial charge is 0.237 e. The molecule has 0 saturated carbocycles. The van der Waals surface area contributed by atoms with E-state index in [1.54, 1.807) is 7.11 Å². The predicted octanol–water partition coefficient (Wildman–Crippen LogP) is 1.08. The molecule has 7 heteroatoms. The number of ether oxygens (including phenoxy) is 3. The van der Waals surface area contributed by atoms with Crippen LogP contribution in [0.3, 0.4) is 0 Å². The lowest BCUT2D eigenvalue weighted by Gasteiger charge is -2.36. The predicted molar refractivity (Wildman–Crippen MR) is 106 cm³/mol. The van der Waals surface area contributed by atoms with Gasteiger partial charge in [-0.15, -0.1) is 0 Å². The Labute approximate surface area is 170 Å². The van der Waals surface area contributed by atoms with Crippen LogP contribution in [0.2, 0.25) is 0 Å². The number of aliphatic hydroxyl groups is 1. The van der Waals surface area contributed by atoms with E-state index < -0.39 is 6.10 Å². The molecule has 1 aromatic rings. The molecule has 0 aromatic heterocycles. The zero-order valence-corrected chi connectivity index (χ0v) is 16.8. The van der Waals surface area contributed by atoms with Crippen LogP contribution in [0.5, 0.6) is 11.5 Å². The third kappa shape index (κ3) is 3.12. The van der Waals surface area contributed by atoms with Crippen LogP contribution in [0.4, 0.5) is 0 Å². The standard InChI is InChI=1S/C22H28N2O5/c1-27-17-3-2-15-13-24(19(26)14-23-8-10-28-11-9-23)7-6-22-5-4-16(25)12-18(22)29-21(17)20(15)22/h2-5,16,18,25H,6-14H2,1H3/t16-,18-,22-/m0/s1. The number of amides is 1. The second-order valence-electron chi connectivity index (χ2n) is 8.39. The molecule has 156 valence electrons. The first-order chi connectivity index (χ1) is 14.1. The van der Waals surface area contributed by atoms with Gasteiger partial charge in [-0.05, 0) is 18.1 Å². The van der Waals surface area contributed by atoms with E-state index in [2.05, 4.69) is 17.0 Å². The number of benzene rings is 1. The minimum absolute atomic E-state index is 0.137. The van der Waals surface area contributed by atoms with Crippen LogP contribution in [0.1, 0.15) is 24.0 Å². The summed E-state index contributed by atoms with van der Waals surface area (Å²) in [6, 6.07) is 3.99. The Morgan fingerprint density at radius 2 is 2.14 bits per heavy atom. The summed E-state index contributed by atoms with van der Waals surface area (Å²) in [6.07, 6.45) is 4.68. The Hall–Kier alpha value is -2.09. The Bertz CT molecular complexity index is 835. The van der Waals surface area contributed by atoms with E-state index in [1.807, 2.05) is 17.0 Å². The van der Waals surface area contributed by atoms with Crippen molar-refractivity contribution in [1.82, 2.24) is 9.80 Å². The highest BCUT2D eigenvalue weighted by atomic mass is 16.5. The molecule has 1 amide bonds. The van der Waals surface area contributed by atoms with Gasteiger partial charge in [-0.2, -0.15) is 0 Å². The molecule has 1 fully saturated rings. The number of morpholine rings is 1. The number of carbonyl (C=O) groups is 1. The minimum Gasteiger partial charge on any atom is -0.493 e. The molecule has 1 spiro atoms. The van der Waals surface area contributed by atoms with Gasteiger partial charge in [0.2, 0.25) is 5.91 Å². The van der Waals surface area contributed by atoms with Crippen molar-refractivity contribution in [3.63, 3.8) is 0 Å². The van der Waals surface area contributed by atoms with Crippen molar-refractivity contribution in [3.8, 4) is 11.5 Å². The fourth-order valence-corrected chi connectivity index (χ4v) is 5.20. The van der Waals surface area contributed by atoms with Gasteiger partial charge < -0.3 is 24.2 Å². The van der Waals surface area contributed by atoms with E-state index >= 15 is 0 Å². The van der Waals surface area contributed by atoms with Gasteiger partial charge in [0.1, 0.15) is 6.10 Å². The van der Waals surface area contributed by atoms with Crippen LogP contribution in [0.15, 0.2) is 24.3 Å². The van der Waals surface area contributed by atoms with Crippen molar-refractivity contribution in [3.05, 3.63) is 35.4 Å². The largest absolute Gasteiger partial charge is 0.493 e.